The van der Waals surface area contributed by atoms with E-state index in [1.54, 1.807) is 6.20 Å². The summed E-state index contributed by atoms with van der Waals surface area (Å²) < 4.78 is 5.44. The van der Waals surface area contributed by atoms with Crippen LogP contribution >= 0.6 is 0 Å². The lowest BCUT2D eigenvalue weighted by atomic mass is 10.1. The molecule has 3 rings (SSSR count). The zero-order valence-corrected chi connectivity index (χ0v) is 15.8. The summed E-state index contributed by atoms with van der Waals surface area (Å²) in [5.74, 6) is 1.52. The minimum absolute atomic E-state index is 0.0389. The number of hydrogen-bond acceptors (Lipinski definition) is 6. The summed E-state index contributed by atoms with van der Waals surface area (Å²) in [6.45, 7) is 7.70. The number of morpholine rings is 1. The Labute approximate surface area is 158 Å². The van der Waals surface area contributed by atoms with Gasteiger partial charge in [0.15, 0.2) is 0 Å². The van der Waals surface area contributed by atoms with Gasteiger partial charge in [-0.05, 0) is 17.5 Å². The van der Waals surface area contributed by atoms with Crippen LogP contribution in [-0.2, 0) is 11.2 Å². The molecule has 0 aliphatic carbocycles. The first-order valence-corrected chi connectivity index (χ1v) is 9.29. The van der Waals surface area contributed by atoms with Gasteiger partial charge in [-0.2, -0.15) is 4.98 Å². The third kappa shape index (κ3) is 5.73. The second-order valence-electron chi connectivity index (χ2n) is 6.99. The van der Waals surface area contributed by atoms with Crippen molar-refractivity contribution in [1.29, 1.82) is 0 Å². The third-order valence-electron chi connectivity index (χ3n) is 4.37. The molecule has 3 N–H and O–H groups in total. The number of urea groups is 1. The molecule has 0 radical (unpaired) electrons. The molecule has 2 aromatic heterocycles. The molecular formula is C18H27N7O2. The number of ether oxygens (including phenoxy) is 1. The number of nitrogens with one attached hydrogen (secondary N) is 3. The van der Waals surface area contributed by atoms with Crippen LogP contribution in [0.2, 0.25) is 0 Å². The molecule has 9 heteroatoms. The van der Waals surface area contributed by atoms with Gasteiger partial charge in [-0.3, -0.25) is 20.3 Å². The fraction of sp³-hybridized carbons (Fsp3) is 0.556. The SMILES string of the molecule is CC(C)Cc1nc(NC(=O)NC[C@@H](c2cccnc2)N2CCOCC2)n[nH]1. The van der Waals surface area contributed by atoms with Gasteiger partial charge in [0.25, 0.3) is 0 Å². The lowest BCUT2D eigenvalue weighted by Crippen LogP contribution is -2.44. The number of amides is 2. The van der Waals surface area contributed by atoms with E-state index in [1.165, 1.54) is 0 Å². The number of aromatic amines is 1. The summed E-state index contributed by atoms with van der Waals surface area (Å²) in [7, 11) is 0. The van der Waals surface area contributed by atoms with Crippen LogP contribution < -0.4 is 10.6 Å². The van der Waals surface area contributed by atoms with Gasteiger partial charge in [0.2, 0.25) is 5.95 Å². The van der Waals surface area contributed by atoms with Gasteiger partial charge in [-0.15, -0.1) is 5.10 Å². The average molecular weight is 373 g/mol. The molecule has 1 atom stereocenters. The van der Waals surface area contributed by atoms with Crippen LogP contribution in [0.25, 0.3) is 0 Å². The van der Waals surface area contributed by atoms with E-state index in [4.69, 9.17) is 4.74 Å². The quantitative estimate of drug-likeness (QED) is 0.680. The normalized spacial score (nSPS) is 16.3. The molecule has 1 aliphatic rings. The molecule has 0 spiro atoms. The van der Waals surface area contributed by atoms with Crippen molar-refractivity contribution < 1.29 is 9.53 Å². The van der Waals surface area contributed by atoms with Crippen molar-refractivity contribution in [3.8, 4) is 0 Å². The van der Waals surface area contributed by atoms with E-state index in [0.717, 1.165) is 30.9 Å². The number of carbonyl (C=O) groups is 1. The van der Waals surface area contributed by atoms with Crippen LogP contribution in [0, 0.1) is 5.92 Å². The second kappa shape index (κ2) is 9.43. The molecular weight excluding hydrogens is 346 g/mol. The van der Waals surface area contributed by atoms with Crippen molar-refractivity contribution in [2.24, 2.45) is 5.92 Å². The predicted molar refractivity (Wildman–Crippen MR) is 101 cm³/mol. The Morgan fingerprint density at radius 3 is 2.89 bits per heavy atom. The summed E-state index contributed by atoms with van der Waals surface area (Å²) >= 11 is 0. The van der Waals surface area contributed by atoms with Gasteiger partial charge in [0.1, 0.15) is 5.82 Å². The second-order valence-corrected chi connectivity index (χ2v) is 6.99. The van der Waals surface area contributed by atoms with Crippen LogP contribution in [0.15, 0.2) is 24.5 Å². The van der Waals surface area contributed by atoms with E-state index in [-0.39, 0.29) is 18.0 Å². The Hall–Kier alpha value is -2.52. The lowest BCUT2D eigenvalue weighted by Gasteiger charge is -2.34. The lowest BCUT2D eigenvalue weighted by molar-refractivity contribution is 0.0167. The van der Waals surface area contributed by atoms with Gasteiger partial charge in [-0.25, -0.2) is 4.79 Å². The van der Waals surface area contributed by atoms with Crippen LogP contribution in [0.3, 0.4) is 0 Å². The smallest absolute Gasteiger partial charge is 0.321 e. The van der Waals surface area contributed by atoms with Crippen molar-refractivity contribution in [2.75, 3.05) is 38.2 Å². The van der Waals surface area contributed by atoms with Crippen LogP contribution in [0.5, 0.6) is 0 Å². The number of nitrogens with zero attached hydrogens (tertiary/aromatic N) is 4. The van der Waals surface area contributed by atoms with Gasteiger partial charge in [0.05, 0.1) is 19.3 Å². The van der Waals surface area contributed by atoms with Gasteiger partial charge in [-0.1, -0.05) is 19.9 Å². The fourth-order valence-electron chi connectivity index (χ4n) is 3.08. The molecule has 0 aromatic carbocycles. The minimum atomic E-state index is -0.327. The highest BCUT2D eigenvalue weighted by Crippen LogP contribution is 2.20. The van der Waals surface area contributed by atoms with Gasteiger partial charge in [0, 0.05) is 38.4 Å². The molecule has 0 saturated carbocycles. The first-order chi connectivity index (χ1) is 13.1. The van der Waals surface area contributed by atoms with Crippen molar-refractivity contribution in [3.05, 3.63) is 35.9 Å². The average Bonchev–Trinajstić information content (AvgIpc) is 3.09. The molecule has 27 heavy (non-hydrogen) atoms. The van der Waals surface area contributed by atoms with E-state index in [0.29, 0.717) is 25.7 Å². The highest BCUT2D eigenvalue weighted by atomic mass is 16.5. The third-order valence-corrected chi connectivity index (χ3v) is 4.37. The number of H-pyrrole nitrogens is 1. The van der Waals surface area contributed by atoms with Crippen LogP contribution in [0.4, 0.5) is 10.7 Å². The topological polar surface area (TPSA) is 108 Å². The van der Waals surface area contributed by atoms with E-state index in [1.807, 2.05) is 18.3 Å². The summed E-state index contributed by atoms with van der Waals surface area (Å²) in [5, 5.41) is 12.5. The molecule has 1 fully saturated rings. The molecule has 1 saturated heterocycles. The predicted octanol–water partition coefficient (Wildman–Crippen LogP) is 1.59. The van der Waals surface area contributed by atoms with Gasteiger partial charge >= 0.3 is 6.03 Å². The highest BCUT2D eigenvalue weighted by molar-refractivity contribution is 5.87. The van der Waals surface area contributed by atoms with Gasteiger partial charge < -0.3 is 10.1 Å². The summed E-state index contributed by atoms with van der Waals surface area (Å²) in [4.78, 5) is 23.1. The maximum absolute atomic E-state index is 12.3. The van der Waals surface area contributed by atoms with Crippen molar-refractivity contribution in [3.63, 3.8) is 0 Å². The highest BCUT2D eigenvalue weighted by Gasteiger charge is 2.23. The molecule has 2 aromatic rings. The number of anilines is 1. The zero-order chi connectivity index (χ0) is 19.1. The molecule has 0 unspecified atom stereocenters. The Morgan fingerprint density at radius 1 is 1.37 bits per heavy atom. The first kappa shape index (κ1) is 19.2. The molecule has 9 nitrogen and oxygen atoms in total. The number of carbonyl (C=O) groups excluding carboxylic acids is 1. The van der Waals surface area contributed by atoms with Crippen LogP contribution in [-0.4, -0.2) is 63.9 Å². The van der Waals surface area contributed by atoms with Crippen molar-refractivity contribution in [2.45, 2.75) is 26.3 Å². The summed E-state index contributed by atoms with van der Waals surface area (Å²) in [5.41, 5.74) is 1.07. The summed E-state index contributed by atoms with van der Waals surface area (Å²) in [6, 6.07) is 3.65. The number of aromatic nitrogens is 4. The van der Waals surface area contributed by atoms with E-state index in [9.17, 15) is 4.79 Å². The first-order valence-electron chi connectivity index (χ1n) is 9.29. The van der Waals surface area contributed by atoms with E-state index >= 15 is 0 Å². The number of pyridine rings is 1. The maximum Gasteiger partial charge on any atom is 0.321 e. The minimum Gasteiger partial charge on any atom is -0.379 e. The molecule has 0 bridgehead atoms. The molecule has 146 valence electrons. The zero-order valence-electron chi connectivity index (χ0n) is 15.8. The van der Waals surface area contributed by atoms with E-state index in [2.05, 4.69) is 49.5 Å². The molecule has 2 amide bonds. The maximum atomic E-state index is 12.3. The molecule has 3 heterocycles. The van der Waals surface area contributed by atoms with Crippen molar-refractivity contribution in [1.82, 2.24) is 30.4 Å². The van der Waals surface area contributed by atoms with Crippen LogP contribution in [0.1, 0.15) is 31.3 Å². The standard InChI is InChI=1S/C18H27N7O2/c1-13(2)10-16-21-17(24-23-16)22-18(26)20-12-15(14-4-3-5-19-11-14)25-6-8-27-9-7-25/h3-5,11,13,15H,6-10,12H2,1-2H3,(H3,20,21,22,23,24,26)/t15-/m0/s1. The van der Waals surface area contributed by atoms with Crippen molar-refractivity contribution >= 4 is 12.0 Å². The fourth-order valence-corrected chi connectivity index (χ4v) is 3.08. The monoisotopic (exact) mass is 373 g/mol. The Bertz CT molecular complexity index is 714. The number of hydrogen-bond donors (Lipinski definition) is 3. The largest absolute Gasteiger partial charge is 0.379 e. The Balaban J connectivity index is 1.57. The van der Waals surface area contributed by atoms with E-state index < -0.39 is 0 Å². The number of rotatable bonds is 7. The Morgan fingerprint density at radius 2 is 2.19 bits per heavy atom. The Kier molecular flexibility index (Phi) is 6.72. The molecule has 1 aliphatic heterocycles. The summed E-state index contributed by atoms with van der Waals surface area (Å²) in [6.07, 6.45) is 4.38.